The Bertz CT molecular complexity index is 334. The van der Waals surface area contributed by atoms with E-state index in [1.54, 1.807) is 0 Å². The molecule has 1 heterocycles. The van der Waals surface area contributed by atoms with Crippen LogP contribution in [0.5, 0.6) is 0 Å². The molecule has 0 bridgehead atoms. The average molecular weight is 268 g/mol. The van der Waals surface area contributed by atoms with E-state index in [4.69, 9.17) is 5.11 Å². The molecule has 5 heteroatoms. The van der Waals surface area contributed by atoms with Crippen molar-refractivity contribution in [1.29, 1.82) is 0 Å². The van der Waals surface area contributed by atoms with Gasteiger partial charge in [-0.1, -0.05) is 6.92 Å². The molecule has 0 aromatic rings. The third-order valence-corrected chi connectivity index (χ3v) is 4.05. The molecule has 5 nitrogen and oxygen atoms in total. The van der Waals surface area contributed by atoms with Gasteiger partial charge in [-0.2, -0.15) is 0 Å². The molecule has 2 fully saturated rings. The molecule has 1 saturated carbocycles. The first kappa shape index (κ1) is 14.2. The Hall–Kier alpha value is -1.26. The number of carbonyl (C=O) groups is 2. The smallest absolute Gasteiger partial charge is 0.320 e. The van der Waals surface area contributed by atoms with E-state index >= 15 is 0 Å². The van der Waals surface area contributed by atoms with Crippen molar-refractivity contribution in [2.45, 2.75) is 51.5 Å². The standard InChI is InChI=1S/C14H24N2O3/c1-2-7-16(12-3-4-12)14(19)15-8-5-11(6-9-15)10-13(17)18/h11-12H,2-10H2,1H3,(H,17,18). The Morgan fingerprint density at radius 2 is 1.84 bits per heavy atom. The molecule has 2 amide bonds. The van der Waals surface area contributed by atoms with Crippen LogP contribution in [0.1, 0.15) is 45.4 Å². The number of carbonyl (C=O) groups excluding carboxylic acids is 1. The second-order valence-electron chi connectivity index (χ2n) is 5.74. The molecule has 0 radical (unpaired) electrons. The highest BCUT2D eigenvalue weighted by molar-refractivity contribution is 5.75. The molecule has 0 spiro atoms. The van der Waals surface area contributed by atoms with Gasteiger partial charge in [0.15, 0.2) is 0 Å². The summed E-state index contributed by atoms with van der Waals surface area (Å²) in [6, 6.07) is 0.627. The predicted molar refractivity (Wildman–Crippen MR) is 72.0 cm³/mol. The number of piperidine rings is 1. The molecule has 2 aliphatic rings. The molecule has 0 unspecified atom stereocenters. The number of hydrogen-bond acceptors (Lipinski definition) is 2. The highest BCUT2D eigenvalue weighted by Crippen LogP contribution is 2.29. The molecule has 1 aliphatic carbocycles. The zero-order chi connectivity index (χ0) is 13.8. The second kappa shape index (κ2) is 6.26. The van der Waals surface area contributed by atoms with E-state index in [2.05, 4.69) is 6.92 Å². The summed E-state index contributed by atoms with van der Waals surface area (Å²) in [5, 5.41) is 8.79. The summed E-state index contributed by atoms with van der Waals surface area (Å²) in [6.45, 7) is 4.37. The Balaban J connectivity index is 1.82. The van der Waals surface area contributed by atoms with Gasteiger partial charge in [0.05, 0.1) is 0 Å². The summed E-state index contributed by atoms with van der Waals surface area (Å²) in [5.41, 5.74) is 0. The lowest BCUT2D eigenvalue weighted by atomic mass is 9.94. The van der Waals surface area contributed by atoms with Crippen LogP contribution in [0.15, 0.2) is 0 Å². The highest BCUT2D eigenvalue weighted by atomic mass is 16.4. The first-order chi connectivity index (χ1) is 9.11. The lowest BCUT2D eigenvalue weighted by molar-refractivity contribution is -0.138. The van der Waals surface area contributed by atoms with Gasteiger partial charge < -0.3 is 14.9 Å². The van der Waals surface area contributed by atoms with E-state index in [1.807, 2.05) is 9.80 Å². The highest BCUT2D eigenvalue weighted by Gasteiger charge is 2.35. The van der Waals surface area contributed by atoms with Crippen LogP contribution in [0.4, 0.5) is 4.79 Å². The van der Waals surface area contributed by atoms with E-state index in [0.29, 0.717) is 19.1 Å². The maximum Gasteiger partial charge on any atom is 0.320 e. The number of rotatable bonds is 5. The maximum atomic E-state index is 12.4. The van der Waals surface area contributed by atoms with E-state index in [-0.39, 0.29) is 18.4 Å². The van der Waals surface area contributed by atoms with E-state index in [9.17, 15) is 9.59 Å². The van der Waals surface area contributed by atoms with Gasteiger partial charge in [-0.15, -0.1) is 0 Å². The lowest BCUT2D eigenvalue weighted by Gasteiger charge is -2.35. The largest absolute Gasteiger partial charge is 0.481 e. The van der Waals surface area contributed by atoms with Crippen molar-refractivity contribution in [3.63, 3.8) is 0 Å². The number of urea groups is 1. The monoisotopic (exact) mass is 268 g/mol. The minimum atomic E-state index is -0.727. The molecular formula is C14H24N2O3. The Morgan fingerprint density at radius 1 is 1.21 bits per heavy atom. The molecule has 1 saturated heterocycles. The van der Waals surface area contributed by atoms with E-state index < -0.39 is 5.97 Å². The molecule has 0 aromatic heterocycles. The van der Waals surface area contributed by atoms with Gasteiger partial charge in [0.2, 0.25) is 0 Å². The van der Waals surface area contributed by atoms with Gasteiger partial charge in [0.25, 0.3) is 0 Å². The Labute approximate surface area is 114 Å². The van der Waals surface area contributed by atoms with Crippen molar-refractivity contribution >= 4 is 12.0 Å². The van der Waals surface area contributed by atoms with Gasteiger partial charge in [-0.25, -0.2) is 4.79 Å². The van der Waals surface area contributed by atoms with Crippen molar-refractivity contribution < 1.29 is 14.7 Å². The number of amides is 2. The van der Waals surface area contributed by atoms with Crippen molar-refractivity contribution in [3.8, 4) is 0 Å². The molecule has 1 aliphatic heterocycles. The fraction of sp³-hybridized carbons (Fsp3) is 0.857. The fourth-order valence-electron chi connectivity index (χ4n) is 2.82. The molecule has 108 valence electrons. The molecule has 19 heavy (non-hydrogen) atoms. The Morgan fingerprint density at radius 3 is 2.32 bits per heavy atom. The minimum absolute atomic E-state index is 0.165. The lowest BCUT2D eigenvalue weighted by Crippen LogP contribution is -2.48. The van der Waals surface area contributed by atoms with Crippen molar-refractivity contribution in [3.05, 3.63) is 0 Å². The first-order valence-electron chi connectivity index (χ1n) is 7.39. The fourth-order valence-corrected chi connectivity index (χ4v) is 2.82. The number of carboxylic acids is 1. The van der Waals surface area contributed by atoms with Crippen LogP contribution >= 0.6 is 0 Å². The summed E-state index contributed by atoms with van der Waals surface area (Å²) in [4.78, 5) is 27.0. The van der Waals surface area contributed by atoms with Crippen LogP contribution in [-0.2, 0) is 4.79 Å². The van der Waals surface area contributed by atoms with Crippen molar-refractivity contribution in [2.24, 2.45) is 5.92 Å². The van der Waals surface area contributed by atoms with Crippen LogP contribution in [0.25, 0.3) is 0 Å². The topological polar surface area (TPSA) is 60.9 Å². The minimum Gasteiger partial charge on any atom is -0.481 e. The molecule has 1 N–H and O–H groups in total. The molecular weight excluding hydrogens is 244 g/mol. The van der Waals surface area contributed by atoms with E-state index in [0.717, 1.165) is 38.6 Å². The van der Waals surface area contributed by atoms with Crippen LogP contribution in [0, 0.1) is 5.92 Å². The first-order valence-corrected chi connectivity index (χ1v) is 7.39. The third-order valence-electron chi connectivity index (χ3n) is 4.05. The van der Waals surface area contributed by atoms with Crippen molar-refractivity contribution in [1.82, 2.24) is 9.80 Å². The normalized spacial score (nSPS) is 20.4. The predicted octanol–water partition coefficient (Wildman–Crippen LogP) is 2.17. The number of likely N-dealkylation sites (tertiary alicyclic amines) is 1. The Kier molecular flexibility index (Phi) is 4.66. The zero-order valence-electron chi connectivity index (χ0n) is 11.7. The quantitative estimate of drug-likeness (QED) is 0.831. The van der Waals surface area contributed by atoms with Gasteiger partial charge in [-0.3, -0.25) is 4.79 Å². The van der Waals surface area contributed by atoms with Crippen LogP contribution in [-0.4, -0.2) is 52.6 Å². The molecule has 0 aromatic carbocycles. The van der Waals surface area contributed by atoms with Gasteiger partial charge in [-0.05, 0) is 38.0 Å². The summed E-state index contributed by atoms with van der Waals surface area (Å²) >= 11 is 0. The number of hydrogen-bond donors (Lipinski definition) is 1. The van der Waals surface area contributed by atoms with Gasteiger partial charge in [0, 0.05) is 32.1 Å². The van der Waals surface area contributed by atoms with Gasteiger partial charge in [0.1, 0.15) is 0 Å². The van der Waals surface area contributed by atoms with E-state index in [1.165, 1.54) is 0 Å². The second-order valence-corrected chi connectivity index (χ2v) is 5.74. The summed E-state index contributed by atoms with van der Waals surface area (Å²) < 4.78 is 0. The van der Waals surface area contributed by atoms with Crippen LogP contribution in [0.3, 0.4) is 0 Å². The summed E-state index contributed by atoms with van der Waals surface area (Å²) in [5.74, 6) is -0.488. The zero-order valence-corrected chi connectivity index (χ0v) is 11.7. The van der Waals surface area contributed by atoms with Crippen LogP contribution < -0.4 is 0 Å². The summed E-state index contributed by atoms with van der Waals surface area (Å²) in [6.07, 6.45) is 5.16. The van der Waals surface area contributed by atoms with Gasteiger partial charge >= 0.3 is 12.0 Å². The number of aliphatic carboxylic acids is 1. The maximum absolute atomic E-state index is 12.4. The number of carboxylic acid groups (broad SMARTS) is 1. The third kappa shape index (κ3) is 3.85. The molecule has 0 atom stereocenters. The summed E-state index contributed by atoms with van der Waals surface area (Å²) in [7, 11) is 0. The SMILES string of the molecule is CCCN(C(=O)N1CCC(CC(=O)O)CC1)C1CC1. The van der Waals surface area contributed by atoms with Crippen LogP contribution in [0.2, 0.25) is 0 Å². The molecule has 2 rings (SSSR count). The average Bonchev–Trinajstić information content (AvgIpc) is 3.19. The van der Waals surface area contributed by atoms with Crippen molar-refractivity contribution in [2.75, 3.05) is 19.6 Å². The number of nitrogens with zero attached hydrogens (tertiary/aromatic N) is 2.